The van der Waals surface area contributed by atoms with Crippen molar-refractivity contribution in [3.05, 3.63) is 97.2 Å². The number of rotatable bonds is 27. The number of aliphatic hydroxyl groups is 2. The molecule has 0 saturated carbocycles. The number of nitrogens with one attached hydrogen (secondary N) is 1. The van der Waals surface area contributed by atoms with Crippen LogP contribution in [-0.2, 0) is 4.79 Å². The summed E-state index contributed by atoms with van der Waals surface area (Å²) in [6, 6.07) is -0.634. The average molecular weight is 580 g/mol. The van der Waals surface area contributed by atoms with E-state index in [1.165, 1.54) is 12.8 Å². The van der Waals surface area contributed by atoms with Gasteiger partial charge in [-0.25, -0.2) is 0 Å². The number of hydrogen-bond acceptors (Lipinski definition) is 3. The van der Waals surface area contributed by atoms with Gasteiger partial charge in [0.25, 0.3) is 0 Å². The molecule has 0 heterocycles. The monoisotopic (exact) mass is 579 g/mol. The molecule has 0 spiro atoms. The molecular formula is C38H61NO3. The number of amides is 1. The van der Waals surface area contributed by atoms with E-state index < -0.39 is 12.1 Å². The van der Waals surface area contributed by atoms with Crippen molar-refractivity contribution in [3.8, 4) is 0 Å². The third kappa shape index (κ3) is 28.8. The van der Waals surface area contributed by atoms with E-state index in [1.54, 1.807) is 6.08 Å². The summed E-state index contributed by atoms with van der Waals surface area (Å²) in [5.74, 6) is -0.102. The quantitative estimate of drug-likeness (QED) is 0.0670. The van der Waals surface area contributed by atoms with Gasteiger partial charge in [0.05, 0.1) is 18.8 Å². The number of carbonyl (C=O) groups is 1. The number of unbranched alkanes of at least 4 members (excludes halogenated alkanes) is 6. The molecule has 0 aromatic carbocycles. The lowest BCUT2D eigenvalue weighted by atomic mass is 10.1. The van der Waals surface area contributed by atoms with Crippen molar-refractivity contribution in [2.45, 2.75) is 129 Å². The van der Waals surface area contributed by atoms with E-state index in [0.717, 1.165) is 83.5 Å². The Labute approximate surface area is 258 Å². The van der Waals surface area contributed by atoms with Gasteiger partial charge in [0.2, 0.25) is 5.91 Å². The van der Waals surface area contributed by atoms with E-state index in [-0.39, 0.29) is 12.5 Å². The van der Waals surface area contributed by atoms with E-state index >= 15 is 0 Å². The van der Waals surface area contributed by atoms with E-state index in [2.05, 4.69) is 104 Å². The summed E-state index contributed by atoms with van der Waals surface area (Å²) in [6.45, 7) is 3.95. The minimum atomic E-state index is -0.849. The maximum absolute atomic E-state index is 12.1. The van der Waals surface area contributed by atoms with Crippen molar-refractivity contribution in [1.82, 2.24) is 5.32 Å². The second-order valence-electron chi connectivity index (χ2n) is 10.5. The summed E-state index contributed by atoms with van der Waals surface area (Å²) in [4.78, 5) is 12.1. The van der Waals surface area contributed by atoms with Gasteiger partial charge < -0.3 is 15.5 Å². The van der Waals surface area contributed by atoms with Crippen LogP contribution in [0.5, 0.6) is 0 Å². The fraction of sp³-hybridized carbons (Fsp3) is 0.553. The first kappa shape index (κ1) is 39.3. The molecule has 0 radical (unpaired) electrons. The van der Waals surface area contributed by atoms with Crippen LogP contribution in [0.25, 0.3) is 0 Å². The molecule has 2 atom stereocenters. The van der Waals surface area contributed by atoms with Crippen molar-refractivity contribution in [2.24, 2.45) is 0 Å². The van der Waals surface area contributed by atoms with Gasteiger partial charge in [-0.15, -0.1) is 0 Å². The summed E-state index contributed by atoms with van der Waals surface area (Å²) in [6.07, 6.45) is 49.7. The molecule has 4 nitrogen and oxygen atoms in total. The van der Waals surface area contributed by atoms with Gasteiger partial charge in [-0.2, -0.15) is 0 Å². The molecule has 1 amide bonds. The molecule has 0 aliphatic rings. The summed E-state index contributed by atoms with van der Waals surface area (Å²) in [5, 5.41) is 22.3. The maximum Gasteiger partial charge on any atom is 0.220 e. The van der Waals surface area contributed by atoms with Crippen molar-refractivity contribution in [2.75, 3.05) is 6.61 Å². The summed E-state index contributed by atoms with van der Waals surface area (Å²) >= 11 is 0. The number of aliphatic hydroxyl groups excluding tert-OH is 2. The zero-order valence-electron chi connectivity index (χ0n) is 26.7. The molecule has 4 heteroatoms. The zero-order chi connectivity index (χ0) is 30.8. The molecule has 0 aliphatic heterocycles. The van der Waals surface area contributed by atoms with Gasteiger partial charge in [-0.1, -0.05) is 137 Å². The van der Waals surface area contributed by atoms with Gasteiger partial charge in [-0.3, -0.25) is 4.79 Å². The number of hydrogen-bond donors (Lipinski definition) is 3. The molecular weight excluding hydrogens is 518 g/mol. The Morgan fingerprint density at radius 3 is 1.52 bits per heavy atom. The van der Waals surface area contributed by atoms with Crippen LogP contribution in [0.2, 0.25) is 0 Å². The van der Waals surface area contributed by atoms with Gasteiger partial charge in [0, 0.05) is 6.42 Å². The first-order chi connectivity index (χ1) is 20.7. The fourth-order valence-corrected chi connectivity index (χ4v) is 4.04. The average Bonchev–Trinajstić information content (AvgIpc) is 2.99. The van der Waals surface area contributed by atoms with Gasteiger partial charge in [0.1, 0.15) is 0 Å². The fourth-order valence-electron chi connectivity index (χ4n) is 4.04. The van der Waals surface area contributed by atoms with Crippen molar-refractivity contribution in [3.63, 3.8) is 0 Å². The highest BCUT2D eigenvalue weighted by Gasteiger charge is 2.17. The third-order valence-electron chi connectivity index (χ3n) is 6.55. The SMILES string of the molecule is CC/C=C\C/C=C\C/C=C\C/C=C\C/C=C\C/C=C\C/C=C\CCCCCCCC(=O)NC(CO)C(O)/C=C/CCC. The van der Waals surface area contributed by atoms with E-state index in [1.807, 2.05) is 6.08 Å². The molecule has 42 heavy (non-hydrogen) atoms. The summed E-state index contributed by atoms with van der Waals surface area (Å²) < 4.78 is 0. The van der Waals surface area contributed by atoms with Crippen molar-refractivity contribution < 1.29 is 15.0 Å². The molecule has 2 unspecified atom stereocenters. The van der Waals surface area contributed by atoms with Crippen LogP contribution in [-0.4, -0.2) is 34.9 Å². The second kappa shape index (κ2) is 32.8. The lowest BCUT2D eigenvalue weighted by Gasteiger charge is -2.19. The van der Waals surface area contributed by atoms with E-state index in [4.69, 9.17) is 0 Å². The lowest BCUT2D eigenvalue weighted by molar-refractivity contribution is -0.123. The van der Waals surface area contributed by atoms with Crippen LogP contribution in [0.1, 0.15) is 117 Å². The summed E-state index contributed by atoms with van der Waals surface area (Å²) in [7, 11) is 0. The van der Waals surface area contributed by atoms with Crippen LogP contribution in [0, 0.1) is 0 Å². The van der Waals surface area contributed by atoms with Crippen molar-refractivity contribution in [1.29, 1.82) is 0 Å². The van der Waals surface area contributed by atoms with E-state index in [0.29, 0.717) is 6.42 Å². The molecule has 236 valence electrons. The maximum atomic E-state index is 12.1. The lowest BCUT2D eigenvalue weighted by Crippen LogP contribution is -2.45. The normalized spacial score (nSPS) is 14.5. The zero-order valence-corrected chi connectivity index (χ0v) is 26.7. The molecule has 0 aromatic heterocycles. The predicted molar refractivity (Wildman–Crippen MR) is 183 cm³/mol. The van der Waals surface area contributed by atoms with Crippen LogP contribution >= 0.6 is 0 Å². The van der Waals surface area contributed by atoms with Gasteiger partial charge in [-0.05, 0) is 70.6 Å². The second-order valence-corrected chi connectivity index (χ2v) is 10.5. The minimum absolute atomic E-state index is 0.102. The van der Waals surface area contributed by atoms with Crippen LogP contribution in [0.3, 0.4) is 0 Å². The molecule has 3 N–H and O–H groups in total. The topological polar surface area (TPSA) is 69.6 Å². The smallest absolute Gasteiger partial charge is 0.220 e. The van der Waals surface area contributed by atoms with Gasteiger partial charge in [0.15, 0.2) is 0 Å². The highest BCUT2D eigenvalue weighted by atomic mass is 16.3. The minimum Gasteiger partial charge on any atom is -0.394 e. The molecule has 0 fully saturated rings. The Morgan fingerprint density at radius 2 is 1.05 bits per heavy atom. The Hall–Kier alpha value is -2.69. The van der Waals surface area contributed by atoms with Crippen LogP contribution in [0.15, 0.2) is 97.2 Å². The Bertz CT molecular complexity index is 844. The molecule has 0 aliphatic carbocycles. The molecule has 0 aromatic rings. The number of carbonyl (C=O) groups excluding carboxylic acids is 1. The Morgan fingerprint density at radius 1 is 0.595 bits per heavy atom. The molecule has 0 rings (SSSR count). The number of allylic oxidation sites excluding steroid dienone is 15. The Balaban J connectivity index is 3.65. The summed E-state index contributed by atoms with van der Waals surface area (Å²) in [5.41, 5.74) is 0. The predicted octanol–water partition coefficient (Wildman–Crippen LogP) is 9.56. The third-order valence-corrected chi connectivity index (χ3v) is 6.55. The van der Waals surface area contributed by atoms with Crippen LogP contribution in [0.4, 0.5) is 0 Å². The standard InChI is InChI=1S/C38H61NO3/c1-3-5-7-8-9-10-11-12-13-14-15-16-17-18-19-20-21-22-23-24-25-26-27-28-29-30-32-34-38(42)39-36(35-40)37(41)33-31-6-4-2/h5,7,9-10,12-13,15-16,18-19,21-22,24-25,31,33,36-37,40-41H,3-4,6,8,11,14,17,20,23,26-30,32,34-35H2,1-2H3,(H,39,42)/b7-5-,10-9-,13-12-,16-15-,19-18-,22-21-,25-24-,33-31+. The molecule has 0 bridgehead atoms. The van der Waals surface area contributed by atoms with Crippen LogP contribution < -0.4 is 5.32 Å². The Kier molecular flexibility index (Phi) is 30.7. The van der Waals surface area contributed by atoms with E-state index in [9.17, 15) is 15.0 Å². The molecule has 0 saturated heterocycles. The highest BCUT2D eigenvalue weighted by Crippen LogP contribution is 2.09. The first-order valence-corrected chi connectivity index (χ1v) is 16.5. The van der Waals surface area contributed by atoms with Crippen molar-refractivity contribution >= 4 is 5.91 Å². The highest BCUT2D eigenvalue weighted by molar-refractivity contribution is 5.76. The largest absolute Gasteiger partial charge is 0.394 e. The first-order valence-electron chi connectivity index (χ1n) is 16.5. The van der Waals surface area contributed by atoms with Gasteiger partial charge >= 0.3 is 0 Å².